The molecule has 0 bridgehead atoms. The molecule has 0 amide bonds. The molecule has 1 atom stereocenters. The molecule has 0 fully saturated rings. The van der Waals surface area contributed by atoms with Crippen LogP contribution in [0.2, 0.25) is 5.15 Å². The number of carbonyl (C=O) groups is 1. The van der Waals surface area contributed by atoms with Crippen LogP contribution in [0.25, 0.3) is 0 Å². The molecule has 0 aliphatic carbocycles. The molecule has 0 saturated heterocycles. The molecule has 0 spiro atoms. The Morgan fingerprint density at radius 1 is 1.40 bits per heavy atom. The molecule has 2 heterocycles. The first-order chi connectivity index (χ1) is 9.45. The second-order valence-corrected chi connectivity index (χ2v) is 4.75. The van der Waals surface area contributed by atoms with E-state index in [1.54, 1.807) is 26.0 Å². The van der Waals surface area contributed by atoms with E-state index in [9.17, 15) is 4.79 Å². The third kappa shape index (κ3) is 3.54. The molecular weight excluding hydrogens is 282 g/mol. The largest absolute Gasteiger partial charge is 0.452 e. The van der Waals surface area contributed by atoms with Crippen LogP contribution in [0.3, 0.4) is 0 Å². The molecule has 2 aromatic rings. The van der Waals surface area contributed by atoms with Gasteiger partial charge in [-0.25, -0.2) is 4.98 Å². The number of aryl methyl sites for hydroxylation is 2. The van der Waals surface area contributed by atoms with Crippen LogP contribution in [-0.4, -0.2) is 21.1 Å². The second-order valence-electron chi connectivity index (χ2n) is 4.39. The number of aromatic nitrogens is 3. The van der Waals surface area contributed by atoms with E-state index in [-0.39, 0.29) is 12.3 Å². The average Bonchev–Trinajstić information content (AvgIpc) is 2.79. The summed E-state index contributed by atoms with van der Waals surface area (Å²) in [6.07, 6.45) is -0.551. The minimum Gasteiger partial charge on any atom is -0.452 e. The predicted molar refractivity (Wildman–Crippen MR) is 71.2 cm³/mol. The van der Waals surface area contributed by atoms with Crippen molar-refractivity contribution in [2.75, 3.05) is 0 Å². The second kappa shape index (κ2) is 6.00. The fourth-order valence-corrected chi connectivity index (χ4v) is 1.87. The highest BCUT2D eigenvalue weighted by atomic mass is 35.5. The highest BCUT2D eigenvalue weighted by Gasteiger charge is 2.18. The monoisotopic (exact) mass is 295 g/mol. The summed E-state index contributed by atoms with van der Waals surface area (Å²) in [5, 5.41) is 3.95. The van der Waals surface area contributed by atoms with Crippen molar-refractivity contribution in [2.24, 2.45) is 0 Å². The fraction of sp³-hybridized carbons (Fsp3) is 0.385. The Morgan fingerprint density at radius 3 is 2.75 bits per heavy atom. The number of nitrogens with zero attached hydrogens (tertiary/aromatic N) is 3. The number of halogens is 1. The fourth-order valence-electron chi connectivity index (χ4n) is 1.61. The quantitative estimate of drug-likeness (QED) is 0.637. The van der Waals surface area contributed by atoms with Crippen molar-refractivity contribution in [1.82, 2.24) is 15.1 Å². The standard InChI is InChI=1S/C13H14ClN3O3/c1-7-4-5-10(12(14)15-7)6-11(18)19-8(2)13-16-9(3)17-20-13/h4-5,8H,6H2,1-3H3. The summed E-state index contributed by atoms with van der Waals surface area (Å²) in [5.41, 5.74) is 1.41. The minimum absolute atomic E-state index is 0.0452. The van der Waals surface area contributed by atoms with Crippen molar-refractivity contribution >= 4 is 17.6 Å². The van der Waals surface area contributed by atoms with E-state index < -0.39 is 12.1 Å². The van der Waals surface area contributed by atoms with Gasteiger partial charge in [0, 0.05) is 11.3 Å². The van der Waals surface area contributed by atoms with Gasteiger partial charge in [0.25, 0.3) is 5.89 Å². The molecule has 0 aromatic carbocycles. The van der Waals surface area contributed by atoms with Gasteiger partial charge in [-0.3, -0.25) is 4.79 Å². The van der Waals surface area contributed by atoms with Crippen LogP contribution in [-0.2, 0) is 16.0 Å². The zero-order valence-corrected chi connectivity index (χ0v) is 12.1. The maximum atomic E-state index is 11.8. The van der Waals surface area contributed by atoms with Gasteiger partial charge < -0.3 is 9.26 Å². The molecule has 20 heavy (non-hydrogen) atoms. The third-order valence-electron chi connectivity index (χ3n) is 2.60. The first-order valence-electron chi connectivity index (χ1n) is 6.07. The zero-order chi connectivity index (χ0) is 14.7. The molecule has 1 unspecified atom stereocenters. The Morgan fingerprint density at radius 2 is 2.15 bits per heavy atom. The van der Waals surface area contributed by atoms with Crippen molar-refractivity contribution in [2.45, 2.75) is 33.3 Å². The number of rotatable bonds is 4. The molecule has 0 aliphatic rings. The molecule has 0 radical (unpaired) electrons. The topological polar surface area (TPSA) is 78.1 Å². The van der Waals surface area contributed by atoms with Gasteiger partial charge in [0.1, 0.15) is 5.15 Å². The van der Waals surface area contributed by atoms with Gasteiger partial charge in [-0.1, -0.05) is 22.8 Å². The van der Waals surface area contributed by atoms with Gasteiger partial charge in [0.15, 0.2) is 11.9 Å². The molecule has 0 saturated carbocycles. The Labute approximate surface area is 121 Å². The lowest BCUT2D eigenvalue weighted by Gasteiger charge is -2.09. The van der Waals surface area contributed by atoms with Crippen LogP contribution in [0.5, 0.6) is 0 Å². The van der Waals surface area contributed by atoms with E-state index in [4.69, 9.17) is 20.9 Å². The highest BCUT2D eigenvalue weighted by Crippen LogP contribution is 2.18. The molecule has 7 heteroatoms. The van der Waals surface area contributed by atoms with Gasteiger partial charge >= 0.3 is 5.97 Å². The summed E-state index contributed by atoms with van der Waals surface area (Å²) in [4.78, 5) is 19.9. The molecular formula is C13H14ClN3O3. The predicted octanol–water partition coefficient (Wildman–Crippen LogP) is 2.58. The summed E-state index contributed by atoms with van der Waals surface area (Å²) < 4.78 is 10.2. The summed E-state index contributed by atoms with van der Waals surface area (Å²) in [7, 11) is 0. The van der Waals surface area contributed by atoms with Gasteiger partial charge in [0.2, 0.25) is 0 Å². The van der Waals surface area contributed by atoms with Gasteiger partial charge in [-0.15, -0.1) is 0 Å². The number of esters is 1. The summed E-state index contributed by atoms with van der Waals surface area (Å²) in [5.74, 6) is 0.332. The molecule has 106 valence electrons. The Bertz CT molecular complexity index is 627. The van der Waals surface area contributed by atoms with Crippen LogP contribution in [0, 0.1) is 13.8 Å². The van der Waals surface area contributed by atoms with Crippen LogP contribution >= 0.6 is 11.6 Å². The smallest absolute Gasteiger partial charge is 0.311 e. The third-order valence-corrected chi connectivity index (χ3v) is 2.93. The lowest BCUT2D eigenvalue weighted by atomic mass is 10.2. The zero-order valence-electron chi connectivity index (χ0n) is 11.4. The van der Waals surface area contributed by atoms with Crippen molar-refractivity contribution in [1.29, 1.82) is 0 Å². The van der Waals surface area contributed by atoms with Crippen molar-refractivity contribution in [3.05, 3.63) is 40.3 Å². The normalized spacial score (nSPS) is 12.2. The lowest BCUT2D eigenvalue weighted by molar-refractivity contribution is -0.148. The maximum absolute atomic E-state index is 11.8. The number of hydrogen-bond donors (Lipinski definition) is 0. The molecule has 0 aliphatic heterocycles. The molecule has 6 nitrogen and oxygen atoms in total. The number of hydrogen-bond acceptors (Lipinski definition) is 6. The number of ether oxygens (including phenoxy) is 1. The lowest BCUT2D eigenvalue weighted by Crippen LogP contribution is -2.12. The number of pyridine rings is 1. The van der Waals surface area contributed by atoms with Gasteiger partial charge in [0.05, 0.1) is 6.42 Å². The van der Waals surface area contributed by atoms with Crippen molar-refractivity contribution < 1.29 is 14.1 Å². The van der Waals surface area contributed by atoms with E-state index in [0.717, 1.165) is 5.69 Å². The molecule has 2 rings (SSSR count). The highest BCUT2D eigenvalue weighted by molar-refractivity contribution is 6.30. The van der Waals surface area contributed by atoms with E-state index >= 15 is 0 Å². The van der Waals surface area contributed by atoms with Crippen LogP contribution in [0.4, 0.5) is 0 Å². The van der Waals surface area contributed by atoms with Crippen molar-refractivity contribution in [3.63, 3.8) is 0 Å². The first-order valence-corrected chi connectivity index (χ1v) is 6.45. The van der Waals surface area contributed by atoms with Crippen LogP contribution < -0.4 is 0 Å². The minimum atomic E-state index is -0.596. The first kappa shape index (κ1) is 14.5. The van der Waals surface area contributed by atoms with E-state index in [0.29, 0.717) is 16.5 Å². The van der Waals surface area contributed by atoms with E-state index in [1.807, 2.05) is 6.92 Å². The number of carbonyl (C=O) groups excluding carboxylic acids is 1. The Balaban J connectivity index is 1.98. The molecule has 2 aromatic heterocycles. The van der Waals surface area contributed by atoms with Gasteiger partial charge in [-0.2, -0.15) is 4.98 Å². The van der Waals surface area contributed by atoms with E-state index in [2.05, 4.69) is 15.1 Å². The van der Waals surface area contributed by atoms with Crippen LogP contribution in [0.15, 0.2) is 16.7 Å². The summed E-state index contributed by atoms with van der Waals surface area (Å²) in [6.45, 7) is 5.19. The van der Waals surface area contributed by atoms with E-state index in [1.165, 1.54) is 0 Å². The average molecular weight is 296 g/mol. The Hall–Kier alpha value is -1.95. The van der Waals surface area contributed by atoms with Crippen LogP contribution in [0.1, 0.15) is 36.0 Å². The van der Waals surface area contributed by atoms with Crippen molar-refractivity contribution in [3.8, 4) is 0 Å². The SMILES string of the molecule is Cc1ccc(CC(=O)OC(C)c2nc(C)no2)c(Cl)n1. The summed E-state index contributed by atoms with van der Waals surface area (Å²) in [6, 6.07) is 3.55. The molecule has 0 N–H and O–H groups in total. The Kier molecular flexibility index (Phi) is 4.34. The van der Waals surface area contributed by atoms with Gasteiger partial charge in [-0.05, 0) is 26.8 Å². The maximum Gasteiger partial charge on any atom is 0.311 e. The summed E-state index contributed by atoms with van der Waals surface area (Å²) >= 11 is 5.97.